The van der Waals surface area contributed by atoms with Gasteiger partial charge in [-0.05, 0) is 117 Å². The minimum Gasteiger partial charge on any atom is -0.310 e. The average molecular weight is 570 g/mol. The average Bonchev–Trinajstić information content (AvgIpc) is 3.44. The van der Waals surface area contributed by atoms with Crippen LogP contribution in [0.4, 0.5) is 17.1 Å². The van der Waals surface area contributed by atoms with E-state index in [-0.39, 0.29) is 0 Å². The van der Waals surface area contributed by atoms with Gasteiger partial charge in [-0.15, -0.1) is 0 Å². The van der Waals surface area contributed by atoms with Crippen molar-refractivity contribution < 1.29 is 0 Å². The van der Waals surface area contributed by atoms with E-state index in [1.165, 1.54) is 33.4 Å². The van der Waals surface area contributed by atoms with Crippen LogP contribution in [0.3, 0.4) is 0 Å². The van der Waals surface area contributed by atoms with E-state index in [9.17, 15) is 0 Å². The third-order valence-electron chi connectivity index (χ3n) is 8.41. The van der Waals surface area contributed by atoms with Crippen LogP contribution in [0.15, 0.2) is 140 Å². The number of aromatic nitrogens is 2. The van der Waals surface area contributed by atoms with Gasteiger partial charge in [-0.3, -0.25) is 4.57 Å². The highest BCUT2D eigenvalue weighted by molar-refractivity contribution is 5.86. The van der Waals surface area contributed by atoms with Crippen LogP contribution in [-0.2, 0) is 0 Å². The molecule has 0 saturated heterocycles. The lowest BCUT2D eigenvalue weighted by Crippen LogP contribution is -2.10. The van der Waals surface area contributed by atoms with Crippen molar-refractivity contribution >= 4 is 28.1 Å². The SMILES string of the molecule is Cc1ccc(N(c2ccc(C)cc2)c2ccc(-c3cc(-c4nc5ccccc5n4-c4ccccc4)ccc3C)c(C)c2)cc1. The highest BCUT2D eigenvalue weighted by Crippen LogP contribution is 2.39. The van der Waals surface area contributed by atoms with Crippen LogP contribution in [-0.4, -0.2) is 9.55 Å². The maximum atomic E-state index is 5.12. The van der Waals surface area contributed by atoms with Gasteiger partial charge in [0.2, 0.25) is 0 Å². The van der Waals surface area contributed by atoms with Crippen molar-refractivity contribution in [1.29, 1.82) is 0 Å². The van der Waals surface area contributed by atoms with Gasteiger partial charge in [0.1, 0.15) is 5.82 Å². The molecule has 0 aliphatic rings. The monoisotopic (exact) mass is 569 g/mol. The first kappa shape index (κ1) is 27.4. The van der Waals surface area contributed by atoms with E-state index in [2.05, 4.69) is 177 Å². The molecular formula is C41H35N3. The summed E-state index contributed by atoms with van der Waals surface area (Å²) in [4.78, 5) is 7.45. The summed E-state index contributed by atoms with van der Waals surface area (Å²) in [6.45, 7) is 8.67. The van der Waals surface area contributed by atoms with Crippen LogP contribution in [0, 0.1) is 27.7 Å². The molecule has 3 heteroatoms. The van der Waals surface area contributed by atoms with Gasteiger partial charge >= 0.3 is 0 Å². The third-order valence-corrected chi connectivity index (χ3v) is 8.41. The Kier molecular flexibility index (Phi) is 7.07. The number of aryl methyl sites for hydroxylation is 4. The second kappa shape index (κ2) is 11.3. The molecule has 0 amide bonds. The number of imidazole rings is 1. The Hall–Kier alpha value is -5.41. The van der Waals surface area contributed by atoms with Gasteiger partial charge in [-0.25, -0.2) is 4.98 Å². The number of rotatable bonds is 6. The van der Waals surface area contributed by atoms with Gasteiger partial charge < -0.3 is 4.90 Å². The number of benzene rings is 6. The second-order valence-electron chi connectivity index (χ2n) is 11.6. The van der Waals surface area contributed by atoms with Crippen LogP contribution in [0.5, 0.6) is 0 Å². The molecule has 7 aromatic rings. The zero-order valence-electron chi connectivity index (χ0n) is 25.6. The largest absolute Gasteiger partial charge is 0.310 e. The Morgan fingerprint density at radius 1 is 0.500 bits per heavy atom. The van der Waals surface area contributed by atoms with Crippen molar-refractivity contribution in [1.82, 2.24) is 9.55 Å². The summed E-state index contributed by atoms with van der Waals surface area (Å²) < 4.78 is 2.26. The van der Waals surface area contributed by atoms with Gasteiger partial charge in [0, 0.05) is 28.3 Å². The molecule has 7 rings (SSSR count). The lowest BCUT2D eigenvalue weighted by Gasteiger charge is -2.26. The lowest BCUT2D eigenvalue weighted by molar-refractivity contribution is 1.10. The molecule has 0 spiro atoms. The molecule has 1 heterocycles. The fourth-order valence-corrected chi connectivity index (χ4v) is 6.03. The fraction of sp³-hybridized carbons (Fsp3) is 0.0976. The summed E-state index contributed by atoms with van der Waals surface area (Å²) in [6, 6.07) is 49.9. The summed E-state index contributed by atoms with van der Waals surface area (Å²) >= 11 is 0. The maximum Gasteiger partial charge on any atom is 0.145 e. The van der Waals surface area contributed by atoms with Crippen molar-refractivity contribution in [3.8, 4) is 28.2 Å². The predicted octanol–water partition coefficient (Wildman–Crippen LogP) is 11.1. The summed E-state index contributed by atoms with van der Waals surface area (Å²) in [5.41, 5.74) is 15.1. The van der Waals surface area contributed by atoms with Gasteiger partial charge in [0.25, 0.3) is 0 Å². The van der Waals surface area contributed by atoms with Crippen molar-refractivity contribution in [3.05, 3.63) is 162 Å². The molecule has 6 aromatic carbocycles. The van der Waals surface area contributed by atoms with Gasteiger partial charge in [-0.1, -0.05) is 83.9 Å². The van der Waals surface area contributed by atoms with Crippen LogP contribution in [0.2, 0.25) is 0 Å². The molecule has 0 radical (unpaired) electrons. The molecule has 0 fully saturated rings. The molecule has 0 aliphatic heterocycles. The van der Waals surface area contributed by atoms with E-state index in [1.807, 2.05) is 0 Å². The first-order chi connectivity index (χ1) is 21.5. The van der Waals surface area contributed by atoms with Gasteiger partial charge in [-0.2, -0.15) is 0 Å². The zero-order chi connectivity index (χ0) is 30.2. The summed E-state index contributed by atoms with van der Waals surface area (Å²) in [5.74, 6) is 0.942. The third kappa shape index (κ3) is 5.07. The highest BCUT2D eigenvalue weighted by atomic mass is 15.1. The number of nitrogens with zero attached hydrogens (tertiary/aromatic N) is 3. The van der Waals surface area contributed by atoms with Gasteiger partial charge in [0.05, 0.1) is 11.0 Å². The van der Waals surface area contributed by atoms with Crippen LogP contribution < -0.4 is 4.90 Å². The Morgan fingerprint density at radius 3 is 1.77 bits per heavy atom. The Morgan fingerprint density at radius 2 is 1.11 bits per heavy atom. The smallest absolute Gasteiger partial charge is 0.145 e. The van der Waals surface area contributed by atoms with Crippen molar-refractivity contribution in [2.24, 2.45) is 0 Å². The summed E-state index contributed by atoms with van der Waals surface area (Å²) in [5, 5.41) is 0. The predicted molar refractivity (Wildman–Crippen MR) is 186 cm³/mol. The molecule has 0 atom stereocenters. The van der Waals surface area contributed by atoms with E-state index < -0.39 is 0 Å². The Labute approximate surface area is 259 Å². The van der Waals surface area contributed by atoms with Gasteiger partial charge in [0.15, 0.2) is 0 Å². The van der Waals surface area contributed by atoms with E-state index in [0.717, 1.165) is 45.2 Å². The number of hydrogen-bond acceptors (Lipinski definition) is 2. The maximum absolute atomic E-state index is 5.12. The molecule has 1 aromatic heterocycles. The second-order valence-corrected chi connectivity index (χ2v) is 11.6. The molecule has 3 nitrogen and oxygen atoms in total. The number of para-hydroxylation sites is 3. The molecule has 44 heavy (non-hydrogen) atoms. The Balaban J connectivity index is 1.33. The first-order valence-electron chi connectivity index (χ1n) is 15.1. The minimum absolute atomic E-state index is 0.942. The molecule has 0 bridgehead atoms. The minimum atomic E-state index is 0.942. The number of anilines is 3. The van der Waals surface area contributed by atoms with E-state index in [4.69, 9.17) is 4.98 Å². The Bertz CT molecular complexity index is 2040. The number of hydrogen-bond donors (Lipinski definition) is 0. The van der Waals surface area contributed by atoms with E-state index in [1.54, 1.807) is 0 Å². The lowest BCUT2D eigenvalue weighted by atomic mass is 9.94. The fourth-order valence-electron chi connectivity index (χ4n) is 6.03. The highest BCUT2D eigenvalue weighted by Gasteiger charge is 2.18. The topological polar surface area (TPSA) is 21.1 Å². The standard InChI is InChI=1S/C41H35N3/c1-28-14-20-34(21-15-28)43(35-22-16-29(2)17-23-35)36-24-25-37(31(4)26-36)38-27-32(19-18-30(38)3)41-42-39-12-8-9-13-40(39)44(41)33-10-6-5-7-11-33/h5-27H,1-4H3. The number of fused-ring (bicyclic) bond motifs is 1. The first-order valence-corrected chi connectivity index (χ1v) is 15.1. The van der Waals surface area contributed by atoms with E-state index >= 15 is 0 Å². The van der Waals surface area contributed by atoms with Crippen molar-refractivity contribution in [3.63, 3.8) is 0 Å². The van der Waals surface area contributed by atoms with Crippen molar-refractivity contribution in [2.75, 3.05) is 4.90 Å². The molecule has 0 unspecified atom stereocenters. The normalized spacial score (nSPS) is 11.2. The van der Waals surface area contributed by atoms with Crippen LogP contribution >= 0.6 is 0 Å². The van der Waals surface area contributed by atoms with Crippen LogP contribution in [0.25, 0.3) is 39.2 Å². The van der Waals surface area contributed by atoms with Crippen LogP contribution in [0.1, 0.15) is 22.3 Å². The zero-order valence-corrected chi connectivity index (χ0v) is 25.6. The quantitative estimate of drug-likeness (QED) is 0.199. The summed E-state index contributed by atoms with van der Waals surface area (Å²) in [6.07, 6.45) is 0. The molecule has 214 valence electrons. The van der Waals surface area contributed by atoms with Crippen molar-refractivity contribution in [2.45, 2.75) is 27.7 Å². The summed E-state index contributed by atoms with van der Waals surface area (Å²) in [7, 11) is 0. The molecular weight excluding hydrogens is 534 g/mol. The molecule has 0 saturated carbocycles. The van der Waals surface area contributed by atoms with E-state index in [0.29, 0.717) is 0 Å². The molecule has 0 N–H and O–H groups in total. The molecule has 0 aliphatic carbocycles.